The number of nitrogens with one attached hydrogen (secondary N) is 1. The van der Waals surface area contributed by atoms with Crippen molar-refractivity contribution in [2.24, 2.45) is 0 Å². The fraction of sp³-hybridized carbons (Fsp3) is 0.355. The second-order valence-corrected chi connectivity index (χ2v) is 10.0. The number of ether oxygens (including phenoxy) is 1. The van der Waals surface area contributed by atoms with Crippen molar-refractivity contribution in [3.05, 3.63) is 101 Å². The summed E-state index contributed by atoms with van der Waals surface area (Å²) in [5.41, 5.74) is 2.03. The maximum atomic E-state index is 13.6. The van der Waals surface area contributed by atoms with Gasteiger partial charge in [-0.05, 0) is 54.7 Å². The minimum absolute atomic E-state index is 0.0499. The highest BCUT2D eigenvalue weighted by molar-refractivity contribution is 6.30. The van der Waals surface area contributed by atoms with E-state index >= 15 is 0 Å². The second-order valence-electron chi connectivity index (χ2n) is 9.61. The summed E-state index contributed by atoms with van der Waals surface area (Å²) in [5, 5.41) is 3.90. The Balaban J connectivity index is 1.49. The maximum absolute atomic E-state index is 13.6. The molecule has 0 radical (unpaired) electrons. The molecule has 6 heteroatoms. The van der Waals surface area contributed by atoms with Gasteiger partial charge in [-0.15, -0.1) is 0 Å². The molecule has 3 aromatic carbocycles. The Morgan fingerprint density at radius 2 is 1.51 bits per heavy atom. The summed E-state index contributed by atoms with van der Waals surface area (Å²) in [7, 11) is 0. The molecule has 0 aliphatic heterocycles. The van der Waals surface area contributed by atoms with Crippen molar-refractivity contribution < 1.29 is 14.3 Å². The van der Waals surface area contributed by atoms with Crippen molar-refractivity contribution in [3.8, 4) is 5.75 Å². The van der Waals surface area contributed by atoms with Crippen LogP contribution in [0.4, 0.5) is 0 Å². The van der Waals surface area contributed by atoms with Crippen LogP contribution in [0.3, 0.4) is 0 Å². The summed E-state index contributed by atoms with van der Waals surface area (Å²) < 4.78 is 5.79. The molecule has 1 unspecified atom stereocenters. The van der Waals surface area contributed by atoms with Gasteiger partial charge >= 0.3 is 0 Å². The standard InChI is InChI=1S/C31H35ClN2O3/c32-26-17-19-28(20-18-26)37-21-9-16-30(35)34(23-25-12-5-2-6-13-25)29(22-24-10-3-1-4-11-24)31(36)33-27-14-7-8-15-27/h1-6,10-13,17-20,27,29H,7-9,14-16,21-23H2,(H,33,36). The van der Waals surface area contributed by atoms with Crippen LogP contribution in [0.15, 0.2) is 84.9 Å². The molecule has 1 atom stereocenters. The van der Waals surface area contributed by atoms with E-state index in [4.69, 9.17) is 16.3 Å². The molecule has 1 aliphatic rings. The molecular weight excluding hydrogens is 484 g/mol. The predicted octanol–water partition coefficient (Wildman–Crippen LogP) is 6.20. The van der Waals surface area contributed by atoms with Crippen LogP contribution in [-0.4, -0.2) is 35.4 Å². The van der Waals surface area contributed by atoms with E-state index < -0.39 is 6.04 Å². The zero-order valence-corrected chi connectivity index (χ0v) is 21.9. The van der Waals surface area contributed by atoms with Gasteiger partial charge in [0.05, 0.1) is 6.61 Å². The first-order valence-electron chi connectivity index (χ1n) is 13.1. The first-order chi connectivity index (χ1) is 18.1. The number of carbonyl (C=O) groups excluding carboxylic acids is 2. The van der Waals surface area contributed by atoms with E-state index in [0.717, 1.165) is 42.6 Å². The van der Waals surface area contributed by atoms with E-state index in [9.17, 15) is 9.59 Å². The van der Waals surface area contributed by atoms with E-state index in [1.54, 1.807) is 17.0 Å². The summed E-state index contributed by atoms with van der Waals surface area (Å²) in [5.74, 6) is 0.597. The van der Waals surface area contributed by atoms with Gasteiger partial charge in [0.25, 0.3) is 0 Å². The molecule has 1 aliphatic carbocycles. The number of hydrogen-bond donors (Lipinski definition) is 1. The number of halogens is 1. The Labute approximate surface area is 224 Å². The lowest BCUT2D eigenvalue weighted by atomic mass is 10.0. The van der Waals surface area contributed by atoms with Gasteiger partial charge < -0.3 is 15.0 Å². The van der Waals surface area contributed by atoms with Crippen LogP contribution < -0.4 is 10.1 Å². The van der Waals surface area contributed by atoms with E-state index in [1.807, 2.05) is 72.8 Å². The Morgan fingerprint density at radius 3 is 2.16 bits per heavy atom. The third-order valence-electron chi connectivity index (χ3n) is 6.79. The number of nitrogens with zero attached hydrogens (tertiary/aromatic N) is 1. The van der Waals surface area contributed by atoms with Crippen molar-refractivity contribution in [3.63, 3.8) is 0 Å². The molecule has 0 spiro atoms. The van der Waals surface area contributed by atoms with E-state index in [2.05, 4.69) is 5.32 Å². The Morgan fingerprint density at radius 1 is 0.892 bits per heavy atom. The van der Waals surface area contributed by atoms with Gasteiger partial charge in [0.15, 0.2) is 0 Å². The topological polar surface area (TPSA) is 58.6 Å². The van der Waals surface area contributed by atoms with Gasteiger partial charge in [-0.2, -0.15) is 0 Å². The molecule has 2 amide bonds. The predicted molar refractivity (Wildman–Crippen MR) is 148 cm³/mol. The van der Waals surface area contributed by atoms with Crippen LogP contribution in [0.1, 0.15) is 49.7 Å². The lowest BCUT2D eigenvalue weighted by Crippen LogP contribution is -2.52. The molecule has 0 saturated heterocycles. The highest BCUT2D eigenvalue weighted by atomic mass is 35.5. The van der Waals surface area contributed by atoms with Gasteiger partial charge in [0.1, 0.15) is 11.8 Å². The van der Waals surface area contributed by atoms with Gasteiger partial charge in [0.2, 0.25) is 11.8 Å². The lowest BCUT2D eigenvalue weighted by Gasteiger charge is -2.32. The average Bonchev–Trinajstić information content (AvgIpc) is 3.43. The first-order valence-corrected chi connectivity index (χ1v) is 13.5. The number of amides is 2. The highest BCUT2D eigenvalue weighted by Gasteiger charge is 2.31. The fourth-order valence-electron chi connectivity index (χ4n) is 4.79. The molecule has 37 heavy (non-hydrogen) atoms. The van der Waals surface area contributed by atoms with Crippen molar-refractivity contribution >= 4 is 23.4 Å². The molecule has 0 aromatic heterocycles. The fourth-order valence-corrected chi connectivity index (χ4v) is 4.92. The summed E-state index contributed by atoms with van der Waals surface area (Å²) in [6.07, 6.45) is 5.58. The molecule has 5 nitrogen and oxygen atoms in total. The number of carbonyl (C=O) groups is 2. The van der Waals surface area contributed by atoms with Crippen LogP contribution in [0.2, 0.25) is 5.02 Å². The van der Waals surface area contributed by atoms with E-state index in [-0.39, 0.29) is 17.9 Å². The minimum atomic E-state index is -0.590. The van der Waals surface area contributed by atoms with Gasteiger partial charge in [-0.1, -0.05) is 85.1 Å². The normalized spacial score (nSPS) is 14.2. The molecule has 1 fully saturated rings. The molecular formula is C31H35ClN2O3. The Hall–Kier alpha value is -3.31. The van der Waals surface area contributed by atoms with Crippen LogP contribution in [0.5, 0.6) is 5.75 Å². The molecule has 1 saturated carbocycles. The van der Waals surface area contributed by atoms with Crippen LogP contribution >= 0.6 is 11.6 Å². The van der Waals surface area contributed by atoms with Gasteiger partial charge in [-0.25, -0.2) is 0 Å². The number of benzene rings is 3. The molecule has 3 aromatic rings. The number of rotatable bonds is 12. The quantitative estimate of drug-likeness (QED) is 0.290. The molecule has 194 valence electrons. The van der Waals surface area contributed by atoms with Gasteiger partial charge in [0, 0.05) is 30.5 Å². The SMILES string of the molecule is O=C(NC1CCCC1)C(Cc1ccccc1)N(Cc1ccccc1)C(=O)CCCOc1ccc(Cl)cc1. The third-order valence-corrected chi connectivity index (χ3v) is 7.04. The molecule has 0 heterocycles. The molecule has 1 N–H and O–H groups in total. The molecule has 0 bridgehead atoms. The van der Waals surface area contributed by atoms with Crippen molar-refractivity contribution in [1.29, 1.82) is 0 Å². The Kier molecular flexibility index (Phi) is 10.0. The second kappa shape index (κ2) is 13.8. The zero-order chi connectivity index (χ0) is 25.9. The van der Waals surface area contributed by atoms with Crippen LogP contribution in [-0.2, 0) is 22.6 Å². The lowest BCUT2D eigenvalue weighted by molar-refractivity contribution is -0.141. The van der Waals surface area contributed by atoms with Crippen molar-refractivity contribution in [1.82, 2.24) is 10.2 Å². The first kappa shape index (κ1) is 26.7. The molecule has 4 rings (SSSR count). The average molecular weight is 519 g/mol. The van der Waals surface area contributed by atoms with Gasteiger partial charge in [-0.3, -0.25) is 9.59 Å². The maximum Gasteiger partial charge on any atom is 0.243 e. The summed E-state index contributed by atoms with van der Waals surface area (Å²) in [4.78, 5) is 29.1. The summed E-state index contributed by atoms with van der Waals surface area (Å²) >= 11 is 5.94. The Bertz CT molecular complexity index is 1120. The highest BCUT2D eigenvalue weighted by Crippen LogP contribution is 2.21. The van der Waals surface area contributed by atoms with Crippen molar-refractivity contribution in [2.45, 2.75) is 63.6 Å². The van der Waals surface area contributed by atoms with Crippen LogP contribution in [0, 0.1) is 0 Å². The minimum Gasteiger partial charge on any atom is -0.494 e. The zero-order valence-electron chi connectivity index (χ0n) is 21.2. The third kappa shape index (κ3) is 8.36. The van der Waals surface area contributed by atoms with Crippen molar-refractivity contribution in [2.75, 3.05) is 6.61 Å². The monoisotopic (exact) mass is 518 g/mol. The van der Waals surface area contributed by atoms with E-state index in [1.165, 1.54) is 0 Å². The largest absolute Gasteiger partial charge is 0.494 e. The van der Waals surface area contributed by atoms with Crippen LogP contribution in [0.25, 0.3) is 0 Å². The van der Waals surface area contributed by atoms with E-state index in [0.29, 0.717) is 37.4 Å². The number of hydrogen-bond acceptors (Lipinski definition) is 3. The summed E-state index contributed by atoms with van der Waals surface area (Å²) in [6.45, 7) is 0.789. The summed E-state index contributed by atoms with van der Waals surface area (Å²) in [6, 6.07) is 26.6. The smallest absolute Gasteiger partial charge is 0.243 e.